The van der Waals surface area contributed by atoms with Crippen molar-refractivity contribution < 1.29 is 13.2 Å². The molecule has 31 heavy (non-hydrogen) atoms. The number of benzene rings is 1. The summed E-state index contributed by atoms with van der Waals surface area (Å²) in [4.78, 5) is 9.50. The van der Waals surface area contributed by atoms with Gasteiger partial charge in [0.2, 0.25) is 9.84 Å². The van der Waals surface area contributed by atoms with Gasteiger partial charge >= 0.3 is 0 Å². The highest BCUT2D eigenvalue weighted by molar-refractivity contribution is 7.91. The second kappa shape index (κ2) is 9.09. The highest BCUT2D eigenvalue weighted by atomic mass is 32.2. The Balaban J connectivity index is 2.10. The average molecular weight is 444 g/mol. The van der Waals surface area contributed by atoms with E-state index < -0.39 is 9.84 Å². The smallest absolute Gasteiger partial charge is 0.206 e. The fourth-order valence-electron chi connectivity index (χ4n) is 3.82. The van der Waals surface area contributed by atoms with E-state index in [2.05, 4.69) is 37.2 Å². The quantitative estimate of drug-likeness (QED) is 0.493. The molecule has 0 fully saturated rings. The van der Waals surface area contributed by atoms with Crippen LogP contribution in [0.2, 0.25) is 0 Å². The molecule has 1 atom stereocenters. The zero-order valence-electron chi connectivity index (χ0n) is 19.3. The number of sulfone groups is 1. The molecule has 2 aromatic heterocycles. The maximum absolute atomic E-state index is 13.2. The van der Waals surface area contributed by atoms with Crippen molar-refractivity contribution in [1.82, 2.24) is 14.5 Å². The van der Waals surface area contributed by atoms with Gasteiger partial charge in [-0.3, -0.25) is 4.98 Å². The van der Waals surface area contributed by atoms with Crippen LogP contribution in [-0.4, -0.2) is 36.7 Å². The molecule has 1 aromatic carbocycles. The van der Waals surface area contributed by atoms with E-state index in [1.165, 1.54) is 12.3 Å². The molecule has 3 aromatic rings. The summed E-state index contributed by atoms with van der Waals surface area (Å²) < 4.78 is 33.9. The van der Waals surface area contributed by atoms with E-state index in [0.717, 1.165) is 37.3 Å². The number of rotatable bonds is 8. The molecule has 0 N–H and O–H groups in total. The Bertz CT molecular complexity index is 1160. The SMILES string of the molecule is CCC(CCOC)Cn1c(C(C)(C)C)nc2cc(S(=O)(=O)c3ccnc(C)c3)ccc21. The maximum atomic E-state index is 13.2. The van der Waals surface area contributed by atoms with Gasteiger partial charge in [-0.25, -0.2) is 13.4 Å². The molecule has 0 aliphatic rings. The molecule has 2 heterocycles. The monoisotopic (exact) mass is 443 g/mol. The lowest BCUT2D eigenvalue weighted by Crippen LogP contribution is -2.22. The van der Waals surface area contributed by atoms with E-state index in [0.29, 0.717) is 17.1 Å². The number of hydrogen-bond acceptors (Lipinski definition) is 5. The molecular formula is C24H33N3O3S. The predicted octanol–water partition coefficient (Wildman–Crippen LogP) is 4.93. The highest BCUT2D eigenvalue weighted by Gasteiger charge is 2.26. The first-order valence-electron chi connectivity index (χ1n) is 10.8. The van der Waals surface area contributed by atoms with Crippen LogP contribution >= 0.6 is 0 Å². The minimum absolute atomic E-state index is 0.167. The highest BCUT2D eigenvalue weighted by Crippen LogP contribution is 2.31. The van der Waals surface area contributed by atoms with Crippen molar-refractivity contribution in [3.8, 4) is 0 Å². The second-order valence-corrected chi connectivity index (χ2v) is 11.1. The first-order valence-corrected chi connectivity index (χ1v) is 12.2. The van der Waals surface area contributed by atoms with Gasteiger partial charge in [0.25, 0.3) is 0 Å². The Labute approximate surface area is 185 Å². The van der Waals surface area contributed by atoms with Crippen molar-refractivity contribution in [1.29, 1.82) is 0 Å². The van der Waals surface area contributed by atoms with Crippen LogP contribution < -0.4 is 0 Å². The molecule has 0 aliphatic heterocycles. The zero-order valence-corrected chi connectivity index (χ0v) is 20.2. The maximum Gasteiger partial charge on any atom is 0.206 e. The second-order valence-electron chi connectivity index (χ2n) is 9.14. The first kappa shape index (κ1) is 23.4. The third kappa shape index (κ3) is 4.99. The van der Waals surface area contributed by atoms with E-state index in [-0.39, 0.29) is 15.2 Å². The number of hydrogen-bond donors (Lipinski definition) is 0. The fourth-order valence-corrected chi connectivity index (χ4v) is 5.18. The summed E-state index contributed by atoms with van der Waals surface area (Å²) in [6, 6.07) is 8.41. The number of pyridine rings is 1. The van der Waals surface area contributed by atoms with E-state index >= 15 is 0 Å². The normalized spacial score (nSPS) is 13.6. The molecule has 0 saturated heterocycles. The predicted molar refractivity (Wildman–Crippen MR) is 123 cm³/mol. The van der Waals surface area contributed by atoms with Crippen LogP contribution in [0, 0.1) is 12.8 Å². The minimum atomic E-state index is -3.64. The van der Waals surface area contributed by atoms with Gasteiger partial charge in [-0.1, -0.05) is 34.1 Å². The van der Waals surface area contributed by atoms with Crippen molar-refractivity contribution in [2.75, 3.05) is 13.7 Å². The van der Waals surface area contributed by atoms with Crippen LogP contribution in [0.15, 0.2) is 46.3 Å². The van der Waals surface area contributed by atoms with Crippen molar-refractivity contribution in [3.05, 3.63) is 48.0 Å². The fraction of sp³-hybridized carbons (Fsp3) is 0.500. The minimum Gasteiger partial charge on any atom is -0.385 e. The van der Waals surface area contributed by atoms with E-state index in [4.69, 9.17) is 9.72 Å². The molecule has 0 saturated carbocycles. The summed E-state index contributed by atoms with van der Waals surface area (Å²) in [5, 5.41) is 0. The lowest BCUT2D eigenvalue weighted by molar-refractivity contribution is 0.171. The number of imidazole rings is 1. The summed E-state index contributed by atoms with van der Waals surface area (Å²) >= 11 is 0. The topological polar surface area (TPSA) is 74.1 Å². The van der Waals surface area contributed by atoms with Crippen LogP contribution in [0.1, 0.15) is 52.1 Å². The van der Waals surface area contributed by atoms with Gasteiger partial charge in [-0.05, 0) is 49.6 Å². The molecule has 6 nitrogen and oxygen atoms in total. The lowest BCUT2D eigenvalue weighted by Gasteiger charge is -2.23. The van der Waals surface area contributed by atoms with Crippen molar-refractivity contribution >= 4 is 20.9 Å². The number of methoxy groups -OCH3 is 1. The molecule has 0 bridgehead atoms. The van der Waals surface area contributed by atoms with E-state index in [9.17, 15) is 8.42 Å². The molecule has 168 valence electrons. The summed E-state index contributed by atoms with van der Waals surface area (Å²) in [6.45, 7) is 11.9. The van der Waals surface area contributed by atoms with Gasteiger partial charge in [0, 0.05) is 37.6 Å². The van der Waals surface area contributed by atoms with Crippen LogP contribution in [0.4, 0.5) is 0 Å². The average Bonchev–Trinajstić information content (AvgIpc) is 3.09. The third-order valence-corrected chi connectivity index (χ3v) is 7.38. The summed E-state index contributed by atoms with van der Waals surface area (Å²) in [5.41, 5.74) is 2.17. The van der Waals surface area contributed by atoms with Gasteiger partial charge in [0.1, 0.15) is 5.82 Å². The summed E-state index contributed by atoms with van der Waals surface area (Å²) in [5.74, 6) is 1.43. The Morgan fingerprint density at radius 1 is 1.13 bits per heavy atom. The number of aryl methyl sites for hydroxylation is 1. The Morgan fingerprint density at radius 2 is 1.84 bits per heavy atom. The van der Waals surface area contributed by atoms with E-state index in [1.807, 2.05) is 6.07 Å². The van der Waals surface area contributed by atoms with Crippen molar-refractivity contribution in [3.63, 3.8) is 0 Å². The van der Waals surface area contributed by atoms with Crippen LogP contribution in [0.3, 0.4) is 0 Å². The lowest BCUT2D eigenvalue weighted by atomic mass is 9.95. The molecule has 1 unspecified atom stereocenters. The summed E-state index contributed by atoms with van der Waals surface area (Å²) in [6.07, 6.45) is 3.54. The Kier molecular flexibility index (Phi) is 6.86. The molecule has 0 amide bonds. The summed E-state index contributed by atoms with van der Waals surface area (Å²) in [7, 11) is -1.91. The molecular weight excluding hydrogens is 410 g/mol. The molecule has 7 heteroatoms. The standard InChI is InChI=1S/C24H33N3O3S/c1-7-18(11-13-30-6)16-27-22-9-8-19(15-21(22)26-23(27)24(3,4)5)31(28,29)20-10-12-25-17(2)14-20/h8-10,12,14-15,18H,7,11,13,16H2,1-6H3. The van der Waals surface area contributed by atoms with Crippen molar-refractivity contribution in [2.24, 2.45) is 5.92 Å². The van der Waals surface area contributed by atoms with Gasteiger partial charge in [0.05, 0.1) is 20.8 Å². The van der Waals surface area contributed by atoms with Crippen LogP contribution in [-0.2, 0) is 26.5 Å². The third-order valence-electron chi connectivity index (χ3n) is 5.63. The Morgan fingerprint density at radius 3 is 2.45 bits per heavy atom. The molecule has 0 radical (unpaired) electrons. The van der Waals surface area contributed by atoms with Gasteiger partial charge in [-0.15, -0.1) is 0 Å². The van der Waals surface area contributed by atoms with Gasteiger partial charge in [-0.2, -0.15) is 0 Å². The zero-order chi connectivity index (χ0) is 22.8. The molecule has 3 rings (SSSR count). The van der Waals surface area contributed by atoms with Crippen LogP contribution in [0.5, 0.6) is 0 Å². The molecule has 0 aliphatic carbocycles. The number of nitrogens with zero attached hydrogens (tertiary/aromatic N) is 3. The Hall–Kier alpha value is -2.25. The number of fused-ring (bicyclic) bond motifs is 1. The first-order chi connectivity index (χ1) is 14.6. The molecule has 0 spiro atoms. The van der Waals surface area contributed by atoms with Gasteiger partial charge < -0.3 is 9.30 Å². The largest absolute Gasteiger partial charge is 0.385 e. The van der Waals surface area contributed by atoms with Crippen molar-refractivity contribution in [2.45, 2.75) is 69.2 Å². The van der Waals surface area contributed by atoms with Crippen LogP contribution in [0.25, 0.3) is 11.0 Å². The number of aromatic nitrogens is 3. The van der Waals surface area contributed by atoms with Gasteiger partial charge in [0.15, 0.2) is 0 Å². The number of ether oxygens (including phenoxy) is 1. The van der Waals surface area contributed by atoms with E-state index in [1.54, 1.807) is 32.2 Å².